The fourth-order valence-corrected chi connectivity index (χ4v) is 5.61. The van der Waals surface area contributed by atoms with Crippen molar-refractivity contribution in [3.05, 3.63) is 144 Å². The molecule has 2 saturated heterocycles. The van der Waals surface area contributed by atoms with Crippen LogP contribution in [0, 0.1) is 12.3 Å². The summed E-state index contributed by atoms with van der Waals surface area (Å²) >= 11 is 0. The van der Waals surface area contributed by atoms with E-state index in [1.807, 2.05) is 121 Å². The Balaban J connectivity index is 1.30. The Hall–Kier alpha value is -3.80. The zero-order valence-corrected chi connectivity index (χ0v) is 24.0. The normalized spacial score (nSPS) is 26.4. The summed E-state index contributed by atoms with van der Waals surface area (Å²) in [5.41, 5.74) is 3.99. The van der Waals surface area contributed by atoms with Crippen molar-refractivity contribution in [2.24, 2.45) is 0 Å². The molecular formula is C37H36O6. The van der Waals surface area contributed by atoms with Crippen molar-refractivity contribution in [2.75, 3.05) is 6.61 Å². The van der Waals surface area contributed by atoms with Gasteiger partial charge in [-0.25, -0.2) is 0 Å². The zero-order valence-electron chi connectivity index (χ0n) is 24.0. The van der Waals surface area contributed by atoms with Gasteiger partial charge in [0.15, 0.2) is 6.29 Å². The van der Waals surface area contributed by atoms with Crippen LogP contribution in [0.4, 0.5) is 0 Å². The Kier molecular flexibility index (Phi) is 9.61. The predicted molar refractivity (Wildman–Crippen MR) is 162 cm³/mol. The Morgan fingerprint density at radius 1 is 0.628 bits per heavy atom. The van der Waals surface area contributed by atoms with Crippen LogP contribution < -0.4 is 0 Å². The van der Waals surface area contributed by atoms with Crippen LogP contribution in [-0.2, 0) is 54.0 Å². The molecule has 0 saturated carbocycles. The summed E-state index contributed by atoms with van der Waals surface area (Å²) in [4.78, 5) is 0. The molecule has 0 radical (unpaired) electrons. The van der Waals surface area contributed by atoms with Gasteiger partial charge >= 0.3 is 0 Å². The molecule has 6 heteroatoms. The molecule has 0 aromatic heterocycles. The highest BCUT2D eigenvalue weighted by molar-refractivity contribution is 5.24. The van der Waals surface area contributed by atoms with E-state index in [2.05, 4.69) is 5.92 Å². The summed E-state index contributed by atoms with van der Waals surface area (Å²) in [6, 6.07) is 39.9. The van der Waals surface area contributed by atoms with Crippen molar-refractivity contribution in [1.29, 1.82) is 0 Å². The van der Waals surface area contributed by atoms with Crippen LogP contribution in [0.5, 0.6) is 0 Å². The second-order valence-electron chi connectivity index (χ2n) is 10.8. The van der Waals surface area contributed by atoms with Crippen LogP contribution in [0.15, 0.2) is 121 Å². The number of hydrogen-bond donors (Lipinski definition) is 0. The van der Waals surface area contributed by atoms with Gasteiger partial charge in [-0.1, -0.05) is 121 Å². The van der Waals surface area contributed by atoms with Crippen molar-refractivity contribution in [1.82, 2.24) is 0 Å². The van der Waals surface area contributed by atoms with E-state index in [-0.39, 0.29) is 13.0 Å². The largest absolute Gasteiger partial charge is 0.374 e. The number of benzene rings is 4. The van der Waals surface area contributed by atoms with Gasteiger partial charge in [0.05, 0.1) is 32.8 Å². The lowest BCUT2D eigenvalue weighted by atomic mass is 9.98. The first kappa shape index (κ1) is 29.3. The van der Waals surface area contributed by atoms with E-state index in [0.717, 1.165) is 22.3 Å². The molecule has 220 valence electrons. The number of rotatable bonds is 12. The van der Waals surface area contributed by atoms with E-state index in [1.165, 1.54) is 0 Å². The van der Waals surface area contributed by atoms with Crippen LogP contribution in [0.25, 0.3) is 0 Å². The van der Waals surface area contributed by atoms with Crippen molar-refractivity contribution < 1.29 is 28.4 Å². The summed E-state index contributed by atoms with van der Waals surface area (Å²) < 4.78 is 39.4. The van der Waals surface area contributed by atoms with Crippen molar-refractivity contribution in [3.8, 4) is 12.3 Å². The molecule has 6 rings (SSSR count). The summed E-state index contributed by atoms with van der Waals surface area (Å²) in [6.07, 6.45) is 3.20. The maximum absolute atomic E-state index is 6.75. The molecule has 0 amide bonds. The predicted octanol–water partition coefficient (Wildman–Crippen LogP) is 6.39. The van der Waals surface area contributed by atoms with Crippen LogP contribution in [0.1, 0.15) is 28.7 Å². The minimum absolute atomic E-state index is 0.212. The van der Waals surface area contributed by atoms with Gasteiger partial charge in [-0.2, -0.15) is 0 Å². The molecule has 2 fully saturated rings. The third kappa shape index (κ3) is 7.06. The maximum Gasteiger partial charge on any atom is 0.209 e. The highest BCUT2D eigenvalue weighted by Gasteiger charge is 2.59. The van der Waals surface area contributed by atoms with Gasteiger partial charge in [0.1, 0.15) is 24.4 Å². The lowest BCUT2D eigenvalue weighted by molar-refractivity contribution is -0.280. The summed E-state index contributed by atoms with van der Waals surface area (Å²) in [5.74, 6) is 1.57. The lowest BCUT2D eigenvalue weighted by Gasteiger charge is -2.42. The third-order valence-corrected chi connectivity index (χ3v) is 7.74. The quantitative estimate of drug-likeness (QED) is 0.182. The maximum atomic E-state index is 6.75. The first-order valence-corrected chi connectivity index (χ1v) is 14.7. The second kappa shape index (κ2) is 14.1. The Labute approximate surface area is 253 Å². The fourth-order valence-electron chi connectivity index (χ4n) is 5.61. The first-order chi connectivity index (χ1) is 21.2. The van der Waals surface area contributed by atoms with E-state index in [0.29, 0.717) is 19.8 Å². The molecule has 4 aromatic rings. The van der Waals surface area contributed by atoms with Gasteiger partial charge in [0, 0.05) is 5.56 Å². The average Bonchev–Trinajstić information content (AvgIpc) is 3.44. The topological polar surface area (TPSA) is 55.4 Å². The second-order valence-corrected chi connectivity index (χ2v) is 10.8. The smallest absolute Gasteiger partial charge is 0.209 e. The Morgan fingerprint density at radius 2 is 1.14 bits per heavy atom. The summed E-state index contributed by atoms with van der Waals surface area (Å²) in [7, 11) is 0. The van der Waals surface area contributed by atoms with Crippen LogP contribution in [0.2, 0.25) is 0 Å². The molecule has 0 spiro atoms. The highest BCUT2D eigenvalue weighted by Crippen LogP contribution is 2.46. The van der Waals surface area contributed by atoms with Crippen molar-refractivity contribution >= 4 is 0 Å². The van der Waals surface area contributed by atoms with Gasteiger partial charge in [0.25, 0.3) is 0 Å². The molecular weight excluding hydrogens is 540 g/mol. The molecule has 0 bridgehead atoms. The van der Waals surface area contributed by atoms with Crippen LogP contribution in [-0.4, -0.2) is 37.3 Å². The first-order valence-electron chi connectivity index (χ1n) is 14.7. The number of terminal acetylenes is 1. The summed E-state index contributed by atoms with van der Waals surface area (Å²) in [6.45, 7) is 1.47. The van der Waals surface area contributed by atoms with E-state index in [1.54, 1.807) is 0 Å². The molecule has 2 aliphatic rings. The minimum atomic E-state index is -1.18. The molecule has 4 aromatic carbocycles. The van der Waals surface area contributed by atoms with Gasteiger partial charge in [-0.15, -0.1) is 12.3 Å². The van der Waals surface area contributed by atoms with Crippen molar-refractivity contribution in [2.45, 2.75) is 62.7 Å². The van der Waals surface area contributed by atoms with E-state index in [4.69, 9.17) is 34.8 Å². The minimum Gasteiger partial charge on any atom is -0.374 e. The Bertz CT molecular complexity index is 1440. The van der Waals surface area contributed by atoms with Gasteiger partial charge < -0.3 is 28.4 Å². The summed E-state index contributed by atoms with van der Waals surface area (Å²) in [5, 5.41) is 0. The molecule has 0 aliphatic carbocycles. The SMILES string of the molecule is C#CCC1(c2ccccc2)O[C@@H]2O[C@H](COCc3ccccc3)[C@@H](OCc3ccccc3)[C@H](OCc3ccccc3)[C@@H]2O1. The molecule has 6 atom stereocenters. The zero-order chi connectivity index (χ0) is 29.3. The third-order valence-electron chi connectivity index (χ3n) is 7.74. The highest BCUT2D eigenvalue weighted by atomic mass is 16.8. The van der Waals surface area contributed by atoms with Crippen LogP contribution in [0.3, 0.4) is 0 Å². The van der Waals surface area contributed by atoms with Gasteiger partial charge in [0.2, 0.25) is 5.79 Å². The molecule has 1 unspecified atom stereocenters. The molecule has 43 heavy (non-hydrogen) atoms. The average molecular weight is 577 g/mol. The monoisotopic (exact) mass is 576 g/mol. The fraction of sp³-hybridized carbons (Fsp3) is 0.297. The molecule has 0 N–H and O–H groups in total. The van der Waals surface area contributed by atoms with E-state index < -0.39 is 36.5 Å². The number of ether oxygens (including phenoxy) is 6. The van der Waals surface area contributed by atoms with Gasteiger partial charge in [-0.3, -0.25) is 0 Å². The van der Waals surface area contributed by atoms with Gasteiger partial charge in [-0.05, 0) is 16.7 Å². The standard InChI is InChI=1S/C37H36O6/c1-2-23-37(31-21-13-6-14-22-31)42-35-34(40-26-30-19-11-5-12-20-30)33(39-25-29-17-9-4-10-18-29)32(41-36(35)43-37)27-38-24-28-15-7-3-8-16-28/h1,3-22,32-36H,23-27H2/t32-,33-,34+,35+,36+,37?/m1/s1. The van der Waals surface area contributed by atoms with E-state index in [9.17, 15) is 0 Å². The lowest BCUT2D eigenvalue weighted by Crippen LogP contribution is -2.59. The van der Waals surface area contributed by atoms with Crippen LogP contribution >= 0.6 is 0 Å². The molecule has 2 aliphatic heterocycles. The van der Waals surface area contributed by atoms with E-state index >= 15 is 0 Å². The molecule has 6 nitrogen and oxygen atoms in total. The Morgan fingerprint density at radius 3 is 1.70 bits per heavy atom. The van der Waals surface area contributed by atoms with Crippen molar-refractivity contribution in [3.63, 3.8) is 0 Å². The number of hydrogen-bond acceptors (Lipinski definition) is 6. The molecule has 2 heterocycles. The number of fused-ring (bicyclic) bond motifs is 1.